The van der Waals surface area contributed by atoms with Crippen LogP contribution in [0.2, 0.25) is 0 Å². The van der Waals surface area contributed by atoms with E-state index < -0.39 is 6.10 Å². The number of nitrogens with one attached hydrogen (secondary N) is 2. The van der Waals surface area contributed by atoms with Crippen LogP contribution in [0.5, 0.6) is 5.75 Å². The Morgan fingerprint density at radius 1 is 1.18 bits per heavy atom. The molecule has 0 bridgehead atoms. The molecule has 2 aliphatic heterocycles. The molecule has 1 saturated heterocycles. The lowest BCUT2D eigenvalue weighted by Gasteiger charge is -2.24. The van der Waals surface area contributed by atoms with Gasteiger partial charge in [-0.25, -0.2) is 0 Å². The quantitative estimate of drug-likeness (QED) is 0.837. The zero-order chi connectivity index (χ0) is 19.5. The van der Waals surface area contributed by atoms with E-state index >= 15 is 0 Å². The van der Waals surface area contributed by atoms with Gasteiger partial charge in [-0.15, -0.1) is 0 Å². The van der Waals surface area contributed by atoms with Gasteiger partial charge in [0, 0.05) is 36.8 Å². The Bertz CT molecular complexity index is 858. The van der Waals surface area contributed by atoms with Gasteiger partial charge in [0.25, 0.3) is 11.8 Å². The lowest BCUT2D eigenvalue weighted by atomic mass is 10.1. The van der Waals surface area contributed by atoms with Crippen LogP contribution in [0.4, 0.5) is 5.69 Å². The second-order valence-electron chi connectivity index (χ2n) is 7.34. The van der Waals surface area contributed by atoms with Gasteiger partial charge >= 0.3 is 0 Å². The van der Waals surface area contributed by atoms with Gasteiger partial charge < -0.3 is 20.3 Å². The summed E-state index contributed by atoms with van der Waals surface area (Å²) >= 11 is 0. The molecule has 2 unspecified atom stereocenters. The molecule has 0 aromatic heterocycles. The van der Waals surface area contributed by atoms with E-state index in [9.17, 15) is 9.59 Å². The summed E-state index contributed by atoms with van der Waals surface area (Å²) in [5.74, 6) is 0.574. The number of para-hydroxylation sites is 1. The maximum atomic E-state index is 12.9. The minimum absolute atomic E-state index is 0.0124. The number of likely N-dealkylation sites (tertiary alicyclic amines) is 1. The van der Waals surface area contributed by atoms with Gasteiger partial charge in [0.05, 0.1) is 0 Å². The average molecular weight is 379 g/mol. The highest BCUT2D eigenvalue weighted by atomic mass is 16.5. The van der Waals surface area contributed by atoms with Crippen molar-refractivity contribution in [3.63, 3.8) is 0 Å². The fourth-order valence-electron chi connectivity index (χ4n) is 4.00. The summed E-state index contributed by atoms with van der Waals surface area (Å²) in [5, 5.41) is 6.05. The number of likely N-dealkylation sites (N-methyl/N-ethyl adjacent to an activating group) is 1. The van der Waals surface area contributed by atoms with Gasteiger partial charge in [0.2, 0.25) is 0 Å². The van der Waals surface area contributed by atoms with E-state index in [0.717, 1.165) is 37.2 Å². The first-order valence-corrected chi connectivity index (χ1v) is 9.77. The number of anilines is 1. The van der Waals surface area contributed by atoms with Crippen molar-refractivity contribution in [3.8, 4) is 5.75 Å². The lowest BCUT2D eigenvalue weighted by molar-refractivity contribution is -0.122. The van der Waals surface area contributed by atoms with Crippen LogP contribution in [-0.2, 0) is 11.2 Å². The molecule has 0 aliphatic carbocycles. The highest BCUT2D eigenvalue weighted by Gasteiger charge is 2.30. The van der Waals surface area contributed by atoms with Gasteiger partial charge in [0.15, 0.2) is 6.10 Å². The van der Waals surface area contributed by atoms with Crippen LogP contribution >= 0.6 is 0 Å². The Labute approximate surface area is 164 Å². The Balaban J connectivity index is 1.43. The van der Waals surface area contributed by atoms with Crippen LogP contribution in [0.25, 0.3) is 0 Å². The van der Waals surface area contributed by atoms with Crippen molar-refractivity contribution in [3.05, 3.63) is 59.7 Å². The summed E-state index contributed by atoms with van der Waals surface area (Å²) in [6, 6.07) is 15.1. The number of hydrogen-bond donors (Lipinski definition) is 2. The Kier molecular flexibility index (Phi) is 5.30. The highest BCUT2D eigenvalue weighted by molar-refractivity contribution is 5.99. The molecule has 4 rings (SSSR count). The minimum atomic E-state index is -0.546. The standard InChI is InChI=1S/C22H25N3O3/c1-23-14-18-9-5-11-25(18)22(27)16-7-4-8-17(12-16)24-21(26)20-13-15-6-2-3-10-19(15)28-20/h2-4,6-8,10,12,18,20,23H,5,9,11,13-14H2,1H3,(H,24,26). The van der Waals surface area contributed by atoms with Crippen molar-refractivity contribution in [2.75, 3.05) is 25.5 Å². The maximum Gasteiger partial charge on any atom is 0.265 e. The molecule has 2 aliphatic rings. The van der Waals surface area contributed by atoms with Crippen LogP contribution in [0, 0.1) is 0 Å². The Morgan fingerprint density at radius 2 is 2.04 bits per heavy atom. The molecule has 2 amide bonds. The van der Waals surface area contributed by atoms with Crippen LogP contribution in [-0.4, -0.2) is 49.0 Å². The first kappa shape index (κ1) is 18.5. The van der Waals surface area contributed by atoms with E-state index in [2.05, 4.69) is 10.6 Å². The molecule has 0 radical (unpaired) electrons. The number of carbonyl (C=O) groups excluding carboxylic acids is 2. The Hall–Kier alpha value is -2.86. The van der Waals surface area contributed by atoms with Gasteiger partial charge in [-0.1, -0.05) is 24.3 Å². The van der Waals surface area contributed by atoms with Crippen LogP contribution < -0.4 is 15.4 Å². The van der Waals surface area contributed by atoms with Gasteiger partial charge in [-0.3, -0.25) is 9.59 Å². The summed E-state index contributed by atoms with van der Waals surface area (Å²) in [7, 11) is 1.90. The first-order chi connectivity index (χ1) is 13.7. The molecule has 2 heterocycles. The highest BCUT2D eigenvalue weighted by Crippen LogP contribution is 2.29. The number of amides is 2. The number of carbonyl (C=O) groups is 2. The minimum Gasteiger partial charge on any atom is -0.480 e. The number of nitrogens with zero attached hydrogens (tertiary/aromatic N) is 1. The van der Waals surface area contributed by atoms with Crippen molar-refractivity contribution in [2.24, 2.45) is 0 Å². The molecule has 2 atom stereocenters. The topological polar surface area (TPSA) is 70.7 Å². The fraction of sp³-hybridized carbons (Fsp3) is 0.364. The summed E-state index contributed by atoms with van der Waals surface area (Å²) in [6.45, 7) is 1.57. The van der Waals surface area contributed by atoms with Crippen molar-refractivity contribution in [1.29, 1.82) is 0 Å². The summed E-state index contributed by atoms with van der Waals surface area (Å²) < 4.78 is 5.75. The zero-order valence-electron chi connectivity index (χ0n) is 16.0. The van der Waals surface area contributed by atoms with Crippen molar-refractivity contribution in [2.45, 2.75) is 31.4 Å². The second kappa shape index (κ2) is 8.02. The number of hydrogen-bond acceptors (Lipinski definition) is 4. The monoisotopic (exact) mass is 379 g/mol. The van der Waals surface area contributed by atoms with E-state index in [1.165, 1.54) is 0 Å². The van der Waals surface area contributed by atoms with E-state index in [-0.39, 0.29) is 17.9 Å². The normalized spacial score (nSPS) is 20.5. The second-order valence-corrected chi connectivity index (χ2v) is 7.34. The molecule has 6 heteroatoms. The summed E-state index contributed by atoms with van der Waals surface area (Å²) in [6.07, 6.45) is 2.05. The molecule has 28 heavy (non-hydrogen) atoms. The molecule has 1 fully saturated rings. The largest absolute Gasteiger partial charge is 0.480 e. The number of benzene rings is 2. The first-order valence-electron chi connectivity index (χ1n) is 9.77. The van der Waals surface area contributed by atoms with E-state index in [1.54, 1.807) is 24.3 Å². The molecular weight excluding hydrogens is 354 g/mol. The predicted molar refractivity (Wildman–Crippen MR) is 108 cm³/mol. The van der Waals surface area contributed by atoms with Crippen molar-refractivity contribution < 1.29 is 14.3 Å². The molecule has 2 aromatic rings. The molecule has 0 spiro atoms. The molecular formula is C22H25N3O3. The van der Waals surface area contributed by atoms with Crippen molar-refractivity contribution >= 4 is 17.5 Å². The maximum absolute atomic E-state index is 12.9. The molecule has 2 aromatic carbocycles. The third-order valence-electron chi connectivity index (χ3n) is 5.39. The number of ether oxygens (including phenoxy) is 1. The van der Waals surface area contributed by atoms with Gasteiger partial charge in [0.1, 0.15) is 5.75 Å². The smallest absolute Gasteiger partial charge is 0.265 e. The summed E-state index contributed by atoms with van der Waals surface area (Å²) in [4.78, 5) is 27.5. The van der Waals surface area contributed by atoms with E-state index in [4.69, 9.17) is 4.74 Å². The van der Waals surface area contributed by atoms with E-state index in [0.29, 0.717) is 17.7 Å². The van der Waals surface area contributed by atoms with E-state index in [1.807, 2.05) is 36.2 Å². The van der Waals surface area contributed by atoms with Crippen LogP contribution in [0.1, 0.15) is 28.8 Å². The lowest BCUT2D eigenvalue weighted by Crippen LogP contribution is -2.40. The average Bonchev–Trinajstić information content (AvgIpc) is 3.35. The third-order valence-corrected chi connectivity index (χ3v) is 5.39. The Morgan fingerprint density at radius 3 is 2.86 bits per heavy atom. The molecule has 2 N–H and O–H groups in total. The van der Waals surface area contributed by atoms with Gasteiger partial charge in [-0.05, 0) is 49.7 Å². The predicted octanol–water partition coefficient (Wildman–Crippen LogP) is 2.45. The van der Waals surface area contributed by atoms with Crippen molar-refractivity contribution in [1.82, 2.24) is 10.2 Å². The zero-order valence-corrected chi connectivity index (χ0v) is 16.0. The third kappa shape index (κ3) is 3.73. The van der Waals surface area contributed by atoms with Gasteiger partial charge in [-0.2, -0.15) is 0 Å². The summed E-state index contributed by atoms with van der Waals surface area (Å²) in [5.41, 5.74) is 2.24. The fourth-order valence-corrected chi connectivity index (χ4v) is 4.00. The number of fused-ring (bicyclic) bond motifs is 1. The number of rotatable bonds is 5. The SMILES string of the molecule is CNCC1CCCN1C(=O)c1cccc(NC(=O)C2Cc3ccccc3O2)c1. The van der Waals surface area contributed by atoms with Crippen LogP contribution in [0.3, 0.4) is 0 Å². The molecule has 146 valence electrons. The molecule has 6 nitrogen and oxygen atoms in total. The van der Waals surface area contributed by atoms with Crippen LogP contribution in [0.15, 0.2) is 48.5 Å². The molecule has 0 saturated carbocycles.